The predicted molar refractivity (Wildman–Crippen MR) is 72.3 cm³/mol. The molecule has 0 saturated carbocycles. The van der Waals surface area contributed by atoms with Gasteiger partial charge in [0.1, 0.15) is 5.75 Å². The molecule has 2 rings (SSSR count). The highest BCUT2D eigenvalue weighted by atomic mass is 35.5. The van der Waals surface area contributed by atoms with Gasteiger partial charge in [0.2, 0.25) is 0 Å². The van der Waals surface area contributed by atoms with E-state index in [9.17, 15) is 4.79 Å². The molecule has 0 N–H and O–H groups in total. The summed E-state index contributed by atoms with van der Waals surface area (Å²) in [6.45, 7) is 3.89. The Bertz CT molecular complexity index is 574. The Morgan fingerprint density at radius 3 is 2.22 bits per heavy atom. The van der Waals surface area contributed by atoms with Crippen molar-refractivity contribution >= 4 is 17.6 Å². The van der Waals surface area contributed by atoms with Crippen LogP contribution in [0.2, 0.25) is 5.02 Å². The summed E-state index contributed by atoms with van der Waals surface area (Å²) in [6, 6.07) is 12.5. The van der Waals surface area contributed by atoms with Crippen LogP contribution < -0.4 is 4.74 Å². The first-order valence-corrected chi connectivity index (χ1v) is 5.99. The molecule has 3 heteroatoms. The third-order valence-corrected chi connectivity index (χ3v) is 2.89. The maximum Gasteiger partial charge on any atom is 0.345 e. The molecule has 0 aliphatic carbocycles. The normalized spacial score (nSPS) is 10.2. The highest BCUT2D eigenvalue weighted by Gasteiger charge is 2.12. The monoisotopic (exact) mass is 260 g/mol. The number of rotatable bonds is 2. The average Bonchev–Trinajstić information content (AvgIpc) is 2.32. The zero-order valence-corrected chi connectivity index (χ0v) is 11.0. The van der Waals surface area contributed by atoms with Crippen molar-refractivity contribution in [3.63, 3.8) is 0 Å². The lowest BCUT2D eigenvalue weighted by Crippen LogP contribution is -2.09. The summed E-state index contributed by atoms with van der Waals surface area (Å²) in [7, 11) is 0. The second-order valence-corrected chi connectivity index (χ2v) is 4.59. The van der Waals surface area contributed by atoms with Gasteiger partial charge in [-0.3, -0.25) is 0 Å². The summed E-state index contributed by atoms with van der Waals surface area (Å²) in [6.07, 6.45) is 0. The van der Waals surface area contributed by atoms with Crippen molar-refractivity contribution in [1.82, 2.24) is 0 Å². The minimum atomic E-state index is -0.441. The lowest BCUT2D eigenvalue weighted by molar-refractivity contribution is 0.0735. The second kappa shape index (κ2) is 5.23. The van der Waals surface area contributed by atoms with Gasteiger partial charge in [-0.2, -0.15) is 0 Å². The number of benzene rings is 2. The minimum absolute atomic E-state index is 0.378. The molecule has 92 valence electrons. The van der Waals surface area contributed by atoms with Crippen molar-refractivity contribution in [2.45, 2.75) is 13.8 Å². The van der Waals surface area contributed by atoms with Gasteiger partial charge in [-0.25, -0.2) is 4.79 Å². The van der Waals surface area contributed by atoms with E-state index >= 15 is 0 Å². The Balaban J connectivity index is 2.19. The van der Waals surface area contributed by atoms with Crippen molar-refractivity contribution in [1.29, 1.82) is 0 Å². The van der Waals surface area contributed by atoms with E-state index < -0.39 is 5.97 Å². The number of carbonyl (C=O) groups excluding carboxylic acids is 1. The molecule has 0 spiro atoms. The fourth-order valence-corrected chi connectivity index (χ4v) is 1.87. The number of hydrogen-bond donors (Lipinski definition) is 0. The van der Waals surface area contributed by atoms with Crippen molar-refractivity contribution in [3.8, 4) is 5.75 Å². The van der Waals surface area contributed by atoms with E-state index in [0.717, 1.165) is 11.1 Å². The molecular weight excluding hydrogens is 248 g/mol. The molecule has 0 aliphatic heterocycles. The van der Waals surface area contributed by atoms with Crippen LogP contribution in [0.3, 0.4) is 0 Å². The standard InChI is InChI=1S/C15H13ClO2/c1-10-3-6-12(7-4-10)18-15(17)13-8-5-11(2)9-14(13)16/h3-9H,1-2H3. The van der Waals surface area contributed by atoms with Gasteiger partial charge in [0.25, 0.3) is 0 Å². The minimum Gasteiger partial charge on any atom is -0.423 e. The van der Waals surface area contributed by atoms with Crippen LogP contribution in [0.15, 0.2) is 42.5 Å². The fraction of sp³-hybridized carbons (Fsp3) is 0.133. The van der Waals surface area contributed by atoms with Crippen LogP contribution >= 0.6 is 11.6 Å². The smallest absolute Gasteiger partial charge is 0.345 e. The number of esters is 1. The molecule has 0 aromatic heterocycles. The van der Waals surface area contributed by atoms with E-state index in [1.54, 1.807) is 24.3 Å². The zero-order valence-electron chi connectivity index (χ0n) is 10.2. The Morgan fingerprint density at radius 1 is 1.00 bits per heavy atom. The van der Waals surface area contributed by atoms with E-state index in [4.69, 9.17) is 16.3 Å². The first kappa shape index (κ1) is 12.7. The number of ether oxygens (including phenoxy) is 1. The van der Waals surface area contributed by atoms with Gasteiger partial charge >= 0.3 is 5.97 Å². The van der Waals surface area contributed by atoms with Gasteiger partial charge in [-0.15, -0.1) is 0 Å². The molecule has 0 aliphatic rings. The first-order chi connectivity index (χ1) is 8.56. The Labute approximate surface area is 111 Å². The largest absolute Gasteiger partial charge is 0.423 e. The summed E-state index contributed by atoms with van der Waals surface area (Å²) in [5.41, 5.74) is 2.50. The lowest BCUT2D eigenvalue weighted by Gasteiger charge is -2.06. The van der Waals surface area contributed by atoms with E-state index in [-0.39, 0.29) is 0 Å². The van der Waals surface area contributed by atoms with Crippen LogP contribution in [0.5, 0.6) is 5.75 Å². The summed E-state index contributed by atoms with van der Waals surface area (Å²) >= 11 is 6.02. The molecule has 2 nitrogen and oxygen atoms in total. The predicted octanol–water partition coefficient (Wildman–Crippen LogP) is 4.18. The van der Waals surface area contributed by atoms with Crippen LogP contribution in [0.1, 0.15) is 21.5 Å². The molecule has 0 atom stereocenters. The van der Waals surface area contributed by atoms with Gasteiger partial charge in [0.15, 0.2) is 0 Å². The number of carbonyl (C=O) groups is 1. The fourth-order valence-electron chi connectivity index (χ4n) is 1.55. The van der Waals surface area contributed by atoms with Crippen LogP contribution in [-0.4, -0.2) is 5.97 Å². The van der Waals surface area contributed by atoms with Crippen molar-refractivity contribution in [3.05, 3.63) is 64.2 Å². The Kier molecular flexibility index (Phi) is 3.68. The SMILES string of the molecule is Cc1ccc(OC(=O)c2ccc(C)cc2Cl)cc1. The molecule has 0 bridgehead atoms. The highest BCUT2D eigenvalue weighted by Crippen LogP contribution is 2.20. The molecular formula is C15H13ClO2. The quantitative estimate of drug-likeness (QED) is 0.598. The summed E-state index contributed by atoms with van der Waals surface area (Å²) in [4.78, 5) is 11.9. The van der Waals surface area contributed by atoms with Crippen molar-refractivity contribution in [2.75, 3.05) is 0 Å². The van der Waals surface area contributed by atoms with Crippen LogP contribution in [0.4, 0.5) is 0 Å². The number of hydrogen-bond acceptors (Lipinski definition) is 2. The van der Waals surface area contributed by atoms with Crippen molar-refractivity contribution < 1.29 is 9.53 Å². The van der Waals surface area contributed by atoms with Gasteiger partial charge in [0.05, 0.1) is 10.6 Å². The van der Waals surface area contributed by atoms with Gasteiger partial charge < -0.3 is 4.74 Å². The molecule has 0 unspecified atom stereocenters. The maximum atomic E-state index is 11.9. The zero-order chi connectivity index (χ0) is 13.1. The molecule has 2 aromatic rings. The number of halogens is 1. The summed E-state index contributed by atoms with van der Waals surface area (Å²) < 4.78 is 5.25. The highest BCUT2D eigenvalue weighted by molar-refractivity contribution is 6.33. The van der Waals surface area contributed by atoms with E-state index in [0.29, 0.717) is 16.3 Å². The Hall–Kier alpha value is -1.80. The molecule has 2 aromatic carbocycles. The van der Waals surface area contributed by atoms with Gasteiger partial charge in [-0.05, 0) is 43.7 Å². The van der Waals surface area contributed by atoms with Crippen molar-refractivity contribution in [2.24, 2.45) is 0 Å². The molecule has 18 heavy (non-hydrogen) atoms. The van der Waals surface area contributed by atoms with Crippen LogP contribution in [-0.2, 0) is 0 Å². The van der Waals surface area contributed by atoms with E-state index in [2.05, 4.69) is 0 Å². The van der Waals surface area contributed by atoms with E-state index in [1.165, 1.54) is 0 Å². The third-order valence-electron chi connectivity index (χ3n) is 2.58. The van der Waals surface area contributed by atoms with Gasteiger partial charge in [0, 0.05) is 0 Å². The van der Waals surface area contributed by atoms with E-state index in [1.807, 2.05) is 32.0 Å². The molecule has 0 radical (unpaired) electrons. The number of aryl methyl sites for hydroxylation is 2. The van der Waals surface area contributed by atoms with Crippen LogP contribution in [0, 0.1) is 13.8 Å². The molecule has 0 saturated heterocycles. The summed E-state index contributed by atoms with van der Waals surface area (Å²) in [5, 5.41) is 0.409. The second-order valence-electron chi connectivity index (χ2n) is 4.19. The Morgan fingerprint density at radius 2 is 1.61 bits per heavy atom. The lowest BCUT2D eigenvalue weighted by atomic mass is 10.1. The first-order valence-electron chi connectivity index (χ1n) is 5.61. The third kappa shape index (κ3) is 2.90. The molecule has 0 heterocycles. The maximum absolute atomic E-state index is 11.9. The molecule has 0 fully saturated rings. The topological polar surface area (TPSA) is 26.3 Å². The molecule has 0 amide bonds. The van der Waals surface area contributed by atoms with Gasteiger partial charge in [-0.1, -0.05) is 35.4 Å². The van der Waals surface area contributed by atoms with Crippen LogP contribution in [0.25, 0.3) is 0 Å². The summed E-state index contributed by atoms with van der Waals surface area (Å²) in [5.74, 6) is 0.0751. The average molecular weight is 261 g/mol.